The molecule has 6 aromatic carbocycles. The van der Waals surface area contributed by atoms with E-state index >= 15 is 0 Å². The molecule has 0 spiro atoms. The second kappa shape index (κ2) is 60.3. The first kappa shape index (κ1) is 126. The average Bonchev–Trinajstić information content (AvgIpc) is 1.79. The van der Waals surface area contributed by atoms with E-state index < -0.39 is 92.8 Å². The first-order valence-electron chi connectivity index (χ1n) is 43.3. The summed E-state index contributed by atoms with van der Waals surface area (Å²) in [6, 6.07) is 30.2. The Bertz CT molecular complexity index is 4620. The van der Waals surface area contributed by atoms with Crippen LogP contribution in [-0.4, -0.2) is 162 Å². The molecule has 763 valence electrons. The maximum Gasteiger partial charge on any atom is 1.00 e. The molecule has 3 unspecified atom stereocenters. The predicted octanol–water partition coefficient (Wildman–Crippen LogP) is 24.1. The summed E-state index contributed by atoms with van der Waals surface area (Å²) in [5.74, 6) is 1.34. The number of likely N-dealkylation sites (tertiary alicyclic amines) is 3. The van der Waals surface area contributed by atoms with Gasteiger partial charge >= 0.3 is 66.6 Å². The first-order chi connectivity index (χ1) is 63.1. The van der Waals surface area contributed by atoms with Gasteiger partial charge in [0.05, 0.1) is 51.8 Å². The molecular weight excluding hydrogens is 2160 g/mol. The Morgan fingerprint density at radius 3 is 0.978 bits per heavy atom. The number of rotatable bonds is 15. The van der Waals surface area contributed by atoms with E-state index in [0.29, 0.717) is 53.4 Å². The number of halogens is 23. The maximum absolute atomic E-state index is 12.9. The van der Waals surface area contributed by atoms with Gasteiger partial charge in [-0.15, -0.1) is 0 Å². The number of Topliss-reactive ketones (excluding diaryl/α,β-unsaturated/α-hetero) is 1. The molecule has 137 heavy (non-hydrogen) atoms. The Morgan fingerprint density at radius 2 is 0.730 bits per heavy atom. The van der Waals surface area contributed by atoms with Crippen LogP contribution in [0.5, 0.6) is 0 Å². The molecule has 0 bridgehead atoms. The van der Waals surface area contributed by atoms with Crippen molar-refractivity contribution in [2.75, 3.05) is 72.0 Å². The van der Waals surface area contributed by atoms with Crippen molar-refractivity contribution in [3.05, 3.63) is 212 Å². The van der Waals surface area contributed by atoms with Gasteiger partial charge in [0.15, 0.2) is 5.78 Å². The number of nitrogens with zero attached hydrogens (tertiary/aromatic N) is 7. The summed E-state index contributed by atoms with van der Waals surface area (Å²) in [6.45, 7) is 19.6. The molecule has 0 aliphatic carbocycles. The summed E-state index contributed by atoms with van der Waals surface area (Å²) < 4.78 is 273. The first-order valence-corrected chi connectivity index (χ1v) is 48.7. The minimum atomic E-state index is -4.46. The average molecular weight is 2280 g/mol. The van der Waals surface area contributed by atoms with Crippen molar-refractivity contribution in [3.63, 3.8) is 0 Å². The van der Waals surface area contributed by atoms with Gasteiger partial charge in [-0.25, -0.2) is 0 Å². The summed E-state index contributed by atoms with van der Waals surface area (Å²) in [4.78, 5) is 39.2. The van der Waals surface area contributed by atoms with E-state index in [1.165, 1.54) is 113 Å². The number of carbonyl (C=O) groups excluding carboxylic acids is 1. The van der Waals surface area contributed by atoms with Crippen molar-refractivity contribution in [1.29, 1.82) is 0 Å². The van der Waals surface area contributed by atoms with E-state index in [0.717, 1.165) is 203 Å². The zero-order valence-corrected chi connectivity index (χ0v) is 86.6. The van der Waals surface area contributed by atoms with Gasteiger partial charge in [0, 0.05) is 135 Å². The molecule has 8 aliphatic heterocycles. The molecule has 14 rings (SSSR count). The molecule has 4 fully saturated rings. The van der Waals surface area contributed by atoms with Crippen LogP contribution < -0.4 is 34.9 Å². The van der Waals surface area contributed by atoms with Gasteiger partial charge in [-0.3, -0.25) is 23.7 Å². The summed E-state index contributed by atoms with van der Waals surface area (Å²) >= 11 is 13.7. The third-order valence-corrected chi connectivity index (χ3v) is 25.1. The van der Waals surface area contributed by atoms with Crippen LogP contribution in [0, 0.1) is 23.7 Å². The van der Waals surface area contributed by atoms with Crippen molar-refractivity contribution in [2.45, 2.75) is 232 Å². The standard InChI is InChI=1S/3C17H20BrF3N2O.C10H11F3O3S.C9H9F3O.C9H7F3O.C8H13BrN2O.C2H6.CH3FS.CH4O.CH4.B.Na.H/c3*1-11(12-4-2-6-14(8-12)17(19,20)21)23-7-3-5-13(10-23)15-9-16(18)22-24-15;1-7(16-17(2,14)15)8-4-3-5-9(6-8)10(11,12)13;2*1-6(13)7-3-2-4-8(5-7)9(10,11)12;9-8-4-7(12-11-8)6-2-1-3-10-5-6;1-2;1-3-2;1-2;;;;/h3*2,4,6,8,11,13,15H,3,5,7,9-10H2,1H3;3-7H,1-2H3;2-6,13H,1H3;2-5H,1H3;6-7,10H,1-5H2;1-2H3;1H3;2H,1H3;1H4;;;/q;;;;;;;;;;;;+1;-1/t11?,13-,15+;11-,13+,15-;11-,13-,15+;;;;6-,7+;;;;;;;/m101...1......./s1/i;;;;;;;1D;;;;;;. The molecule has 18 nitrogen and oxygen atoms in total. The number of hydrogen-bond donors (Lipinski definition) is 3. The van der Waals surface area contributed by atoms with Crippen LogP contribution >= 0.6 is 75.9 Å². The van der Waals surface area contributed by atoms with Gasteiger partial charge in [0.25, 0.3) is 10.1 Å². The fraction of sp³-hybridized carbons (Fsp3) is 0.554. The molecule has 3 N–H and O–H groups in total. The van der Waals surface area contributed by atoms with Gasteiger partial charge in [-0.1, -0.05) is 115 Å². The van der Waals surface area contributed by atoms with Crippen molar-refractivity contribution in [2.24, 2.45) is 44.3 Å². The molecule has 0 saturated carbocycles. The number of nitrogens with one attached hydrogen (secondary N) is 1. The van der Waals surface area contributed by atoms with Crippen molar-refractivity contribution in [1.82, 2.24) is 20.0 Å². The topological polar surface area (TPSA) is 209 Å². The number of hydrogen-bond acceptors (Lipinski definition) is 19. The van der Waals surface area contributed by atoms with Crippen LogP contribution in [0.4, 0.5) is 82.9 Å². The molecule has 0 aromatic heterocycles. The Labute approximate surface area is 854 Å². The summed E-state index contributed by atoms with van der Waals surface area (Å²) in [7, 11) is -2.70. The van der Waals surface area contributed by atoms with Crippen molar-refractivity contribution < 1.29 is 162 Å². The van der Waals surface area contributed by atoms with Crippen LogP contribution in [0.15, 0.2) is 166 Å². The van der Waals surface area contributed by atoms with Crippen LogP contribution in [0.1, 0.15) is 245 Å². The SMILES string of the molecule is BrC1=NO[C@H]([C@@H]2CCCNC2)C1.C.CC(=O)c1cccc(C(F)(F)F)c1.CC(O)c1cccc(C(F)(F)F)c1.CC(OS(C)(=O)=O)c1cccc(C(F)(F)F)c1.CC(c1cccc(C(F)(F)F)c1)N1CCC[C@@H]([C@@H]2CC(Br)=NO2)C1.CO.CSF.C[C@@H](c1cccc(C(F)(F)F)c1)N1CCC[C@@H]([C@@H]2CC(Br)=NO2)C1.C[C@H](c1cccc(C(F)(F)F)c1)N1CCC[C@@H]([C@@H]2CC(Br)=NO2)C1.[2H]CC.[B].[H-].[Na+]. The van der Waals surface area contributed by atoms with Gasteiger partial charge in [0.1, 0.15) is 42.9 Å². The van der Waals surface area contributed by atoms with Crippen LogP contribution in [0.3, 0.4) is 0 Å². The largest absolute Gasteiger partial charge is 1.00 e. The zero-order valence-electron chi connectivity index (χ0n) is 78.6. The number of benzene rings is 6. The van der Waals surface area contributed by atoms with Crippen LogP contribution in [0.25, 0.3) is 0 Å². The minimum Gasteiger partial charge on any atom is -1.00 e. The molecular formula is C92H118BBr4F19N8NaO10S2. The summed E-state index contributed by atoms with van der Waals surface area (Å²) in [5, 5.41) is 35.2. The third-order valence-electron chi connectivity index (χ3n) is 22.6. The monoisotopic (exact) mass is 2270 g/mol. The van der Waals surface area contributed by atoms with E-state index in [-0.39, 0.29) is 118 Å². The fourth-order valence-electron chi connectivity index (χ4n) is 15.5. The van der Waals surface area contributed by atoms with Crippen LogP contribution in [-0.2, 0) is 70.7 Å². The Kier molecular flexibility index (Phi) is 55.4. The minimum absolute atomic E-state index is 0. The molecule has 3 radical (unpaired) electrons. The number of alkyl halides is 18. The van der Waals surface area contributed by atoms with Gasteiger partial charge in [-0.05, 0) is 283 Å². The smallest absolute Gasteiger partial charge is 1.00 e. The Morgan fingerprint density at radius 1 is 0.482 bits per heavy atom. The number of piperidine rings is 4. The van der Waals surface area contributed by atoms with Gasteiger partial charge in [-0.2, -0.15) is 91.3 Å². The number of carbonyl (C=O) groups is 1. The normalized spacial score (nSPS) is 21.8. The molecule has 45 heteroatoms. The van der Waals surface area contributed by atoms with Gasteiger partial charge in [0.2, 0.25) is 0 Å². The number of aliphatic hydroxyl groups is 2. The van der Waals surface area contributed by atoms with Crippen molar-refractivity contribution in [3.8, 4) is 0 Å². The van der Waals surface area contributed by atoms with E-state index in [1.807, 2.05) is 20.8 Å². The molecule has 0 amide bonds. The van der Waals surface area contributed by atoms with E-state index in [2.05, 4.69) is 109 Å². The second-order valence-electron chi connectivity index (χ2n) is 32.1. The van der Waals surface area contributed by atoms with Gasteiger partial charge < -0.3 is 36.3 Å². The maximum atomic E-state index is 12.9. The van der Waals surface area contributed by atoms with Crippen molar-refractivity contribution >= 4 is 119 Å². The Balaban J connectivity index is 0.000000808. The number of oxime groups is 4. The van der Waals surface area contributed by atoms with E-state index in [4.69, 9.17) is 30.9 Å². The number of ketones is 1. The summed E-state index contributed by atoms with van der Waals surface area (Å²) in [5.41, 5.74) is -1.49. The van der Waals surface area contributed by atoms with Crippen LogP contribution in [0.2, 0.25) is 0 Å². The fourth-order valence-corrected chi connectivity index (χ4v) is 17.7. The molecule has 13 atom stereocenters. The molecule has 8 heterocycles. The molecule has 4 saturated heterocycles. The molecule has 8 aliphatic rings. The Hall–Kier alpha value is -5.46. The zero-order chi connectivity index (χ0) is 101. The second-order valence-corrected chi connectivity index (χ2v) is 37.7. The summed E-state index contributed by atoms with van der Waals surface area (Å²) in [6.07, 6.45) is -13.1. The third kappa shape index (κ3) is 43.9. The predicted molar refractivity (Wildman–Crippen MR) is 508 cm³/mol. The quantitative estimate of drug-likeness (QED) is 0.0378. The number of aliphatic hydroxyl groups excluding tert-OH is 2. The van der Waals surface area contributed by atoms with E-state index in [9.17, 15) is 96.1 Å². The molecule has 6 aromatic rings. The van der Waals surface area contributed by atoms with E-state index in [1.54, 1.807) is 25.1 Å².